The van der Waals surface area contributed by atoms with Gasteiger partial charge in [0, 0.05) is 0 Å². The third-order valence-electron chi connectivity index (χ3n) is 3.63. The first-order chi connectivity index (χ1) is 7.75. The smallest absolute Gasteiger partial charge is 0.139 e. The number of ether oxygens (including phenoxy) is 1. The molecule has 1 fully saturated rings. The Hall–Kier alpha value is -0.915. The molecule has 0 heterocycles. The molecule has 0 spiro atoms. The van der Waals surface area contributed by atoms with Gasteiger partial charge in [-0.1, -0.05) is 36.9 Å². The zero-order valence-corrected chi connectivity index (χ0v) is 10.4. The van der Waals surface area contributed by atoms with Gasteiger partial charge in [0.2, 0.25) is 0 Å². The van der Waals surface area contributed by atoms with Gasteiger partial charge in [-0.15, -0.1) is 0 Å². The summed E-state index contributed by atoms with van der Waals surface area (Å²) < 4.78 is 6.03. The van der Waals surface area contributed by atoms with Crippen LogP contribution in [0.25, 0.3) is 0 Å². The monoisotopic (exact) mass is 216 g/mol. The van der Waals surface area contributed by atoms with Gasteiger partial charge in [-0.25, -0.2) is 0 Å². The van der Waals surface area contributed by atoms with Gasteiger partial charge in [0.05, 0.1) is 6.10 Å². The van der Waals surface area contributed by atoms with Crippen LogP contribution in [-0.4, -0.2) is 14.0 Å². The summed E-state index contributed by atoms with van der Waals surface area (Å²) in [6.45, 7) is 2.22. The van der Waals surface area contributed by atoms with Crippen LogP contribution in [0.1, 0.15) is 39.0 Å². The Kier molecular flexibility index (Phi) is 3.92. The van der Waals surface area contributed by atoms with Crippen LogP contribution in [0.3, 0.4) is 0 Å². The lowest BCUT2D eigenvalue weighted by atomic mass is 9.86. The SMILES string of the molecule is Bc1cccc(OC(C)C2CCCCC2)c1. The Morgan fingerprint density at radius 3 is 2.69 bits per heavy atom. The Balaban J connectivity index is 1.93. The molecule has 0 aliphatic heterocycles. The number of hydrogen-bond donors (Lipinski definition) is 0. The summed E-state index contributed by atoms with van der Waals surface area (Å²) in [7, 11) is 2.11. The van der Waals surface area contributed by atoms with Gasteiger partial charge >= 0.3 is 0 Å². The van der Waals surface area contributed by atoms with Crippen LogP contribution >= 0.6 is 0 Å². The molecule has 2 rings (SSSR count). The van der Waals surface area contributed by atoms with Crippen molar-refractivity contribution in [3.63, 3.8) is 0 Å². The van der Waals surface area contributed by atoms with E-state index in [0.717, 1.165) is 11.7 Å². The van der Waals surface area contributed by atoms with E-state index in [4.69, 9.17) is 4.74 Å². The van der Waals surface area contributed by atoms with Crippen molar-refractivity contribution in [2.24, 2.45) is 5.92 Å². The number of rotatable bonds is 3. The van der Waals surface area contributed by atoms with Gasteiger partial charge in [0.15, 0.2) is 0 Å². The largest absolute Gasteiger partial charge is 0.490 e. The van der Waals surface area contributed by atoms with E-state index in [1.807, 2.05) is 0 Å². The summed E-state index contributed by atoms with van der Waals surface area (Å²) >= 11 is 0. The van der Waals surface area contributed by atoms with Crippen LogP contribution in [-0.2, 0) is 0 Å². The second kappa shape index (κ2) is 5.42. The van der Waals surface area contributed by atoms with Crippen LogP contribution in [0.5, 0.6) is 5.75 Å². The van der Waals surface area contributed by atoms with Crippen LogP contribution in [0.15, 0.2) is 24.3 Å². The first-order valence-corrected chi connectivity index (χ1v) is 6.49. The zero-order chi connectivity index (χ0) is 11.4. The second-order valence-corrected chi connectivity index (χ2v) is 5.04. The van der Waals surface area contributed by atoms with E-state index in [-0.39, 0.29) is 0 Å². The van der Waals surface area contributed by atoms with Crippen molar-refractivity contribution in [1.29, 1.82) is 0 Å². The molecular weight excluding hydrogens is 195 g/mol. The normalized spacial score (nSPS) is 19.3. The van der Waals surface area contributed by atoms with Crippen LogP contribution < -0.4 is 10.2 Å². The number of hydrogen-bond acceptors (Lipinski definition) is 1. The summed E-state index contributed by atoms with van der Waals surface area (Å²) in [4.78, 5) is 0. The molecule has 1 aromatic rings. The molecule has 1 saturated carbocycles. The van der Waals surface area contributed by atoms with Gasteiger partial charge in [0.25, 0.3) is 0 Å². The fourth-order valence-electron chi connectivity index (χ4n) is 2.60. The first kappa shape index (κ1) is 11.6. The lowest BCUT2D eigenvalue weighted by molar-refractivity contribution is 0.123. The molecular formula is C14H21BO. The van der Waals surface area contributed by atoms with Crippen molar-refractivity contribution in [3.8, 4) is 5.75 Å². The second-order valence-electron chi connectivity index (χ2n) is 5.04. The predicted octanol–water partition coefficient (Wildman–Crippen LogP) is 2.29. The van der Waals surface area contributed by atoms with E-state index in [1.165, 1.54) is 37.6 Å². The summed E-state index contributed by atoms with van der Waals surface area (Å²) in [6.07, 6.45) is 7.22. The van der Waals surface area contributed by atoms with Crippen LogP contribution in [0, 0.1) is 5.92 Å². The average Bonchev–Trinajstić information content (AvgIpc) is 2.30. The molecule has 86 valence electrons. The highest BCUT2D eigenvalue weighted by molar-refractivity contribution is 6.32. The quantitative estimate of drug-likeness (QED) is 0.704. The van der Waals surface area contributed by atoms with Crippen molar-refractivity contribution in [1.82, 2.24) is 0 Å². The van der Waals surface area contributed by atoms with E-state index >= 15 is 0 Å². The van der Waals surface area contributed by atoms with Gasteiger partial charge < -0.3 is 4.74 Å². The summed E-state index contributed by atoms with van der Waals surface area (Å²) in [6, 6.07) is 8.36. The summed E-state index contributed by atoms with van der Waals surface area (Å²) in [5, 5.41) is 0. The first-order valence-electron chi connectivity index (χ1n) is 6.49. The third kappa shape index (κ3) is 3.04. The van der Waals surface area contributed by atoms with E-state index in [1.54, 1.807) is 0 Å². The maximum absolute atomic E-state index is 6.03. The molecule has 1 atom stereocenters. The zero-order valence-electron chi connectivity index (χ0n) is 10.4. The van der Waals surface area contributed by atoms with E-state index in [0.29, 0.717) is 6.10 Å². The van der Waals surface area contributed by atoms with Crippen molar-refractivity contribution < 1.29 is 4.74 Å². The summed E-state index contributed by atoms with van der Waals surface area (Å²) in [5.41, 5.74) is 1.27. The summed E-state index contributed by atoms with van der Waals surface area (Å²) in [5.74, 6) is 1.78. The standard InChI is InChI=1S/C14H21BO/c1-11(12-6-3-2-4-7-12)16-14-9-5-8-13(15)10-14/h5,8-12H,2-4,6-7,15H2,1H3. The van der Waals surface area contributed by atoms with Gasteiger partial charge in [-0.2, -0.15) is 0 Å². The minimum Gasteiger partial charge on any atom is -0.490 e. The Morgan fingerprint density at radius 1 is 1.25 bits per heavy atom. The minimum absolute atomic E-state index is 0.363. The molecule has 0 saturated heterocycles. The molecule has 0 bridgehead atoms. The highest BCUT2D eigenvalue weighted by Gasteiger charge is 2.21. The van der Waals surface area contributed by atoms with Crippen molar-refractivity contribution in [3.05, 3.63) is 24.3 Å². The number of benzene rings is 1. The maximum atomic E-state index is 6.03. The van der Waals surface area contributed by atoms with Gasteiger partial charge in [-0.3, -0.25) is 0 Å². The molecule has 1 aliphatic rings. The topological polar surface area (TPSA) is 9.23 Å². The highest BCUT2D eigenvalue weighted by Crippen LogP contribution is 2.28. The molecule has 0 aromatic heterocycles. The molecule has 2 heteroatoms. The Morgan fingerprint density at radius 2 is 2.00 bits per heavy atom. The molecule has 1 unspecified atom stereocenters. The highest BCUT2D eigenvalue weighted by atomic mass is 16.5. The van der Waals surface area contributed by atoms with Gasteiger partial charge in [0.1, 0.15) is 13.6 Å². The molecule has 0 amide bonds. The molecule has 0 N–H and O–H groups in total. The molecule has 1 aliphatic carbocycles. The van der Waals surface area contributed by atoms with Crippen molar-refractivity contribution in [2.75, 3.05) is 0 Å². The van der Waals surface area contributed by atoms with Gasteiger partial charge in [-0.05, 0) is 37.8 Å². The molecule has 1 nitrogen and oxygen atoms in total. The van der Waals surface area contributed by atoms with Crippen LogP contribution in [0.2, 0.25) is 0 Å². The minimum atomic E-state index is 0.363. The molecule has 0 radical (unpaired) electrons. The molecule has 1 aromatic carbocycles. The van der Waals surface area contributed by atoms with E-state index in [2.05, 4.69) is 39.0 Å². The van der Waals surface area contributed by atoms with Crippen LogP contribution in [0.4, 0.5) is 0 Å². The third-order valence-corrected chi connectivity index (χ3v) is 3.63. The fourth-order valence-corrected chi connectivity index (χ4v) is 2.60. The Labute approximate surface area is 99.6 Å². The van der Waals surface area contributed by atoms with E-state index < -0.39 is 0 Å². The average molecular weight is 216 g/mol. The lowest BCUT2D eigenvalue weighted by Crippen LogP contribution is -2.26. The lowest BCUT2D eigenvalue weighted by Gasteiger charge is -2.28. The van der Waals surface area contributed by atoms with Crippen molar-refractivity contribution in [2.45, 2.75) is 45.1 Å². The Bertz CT molecular complexity index is 331. The molecule has 16 heavy (non-hydrogen) atoms. The maximum Gasteiger partial charge on any atom is 0.139 e. The van der Waals surface area contributed by atoms with Crippen molar-refractivity contribution >= 4 is 13.3 Å². The fraction of sp³-hybridized carbons (Fsp3) is 0.571. The van der Waals surface area contributed by atoms with E-state index in [9.17, 15) is 0 Å². The predicted molar refractivity (Wildman–Crippen MR) is 71.3 cm³/mol.